The van der Waals surface area contributed by atoms with Gasteiger partial charge in [0.2, 0.25) is 11.8 Å². The van der Waals surface area contributed by atoms with Crippen molar-refractivity contribution < 1.29 is 9.59 Å². The predicted octanol–water partition coefficient (Wildman–Crippen LogP) is 3.39. The van der Waals surface area contributed by atoms with Crippen LogP contribution in [0.4, 0.5) is 11.4 Å². The van der Waals surface area contributed by atoms with Gasteiger partial charge in [-0.25, -0.2) is 0 Å². The van der Waals surface area contributed by atoms with Crippen molar-refractivity contribution in [2.75, 3.05) is 42.9 Å². The van der Waals surface area contributed by atoms with Crippen molar-refractivity contribution in [3.05, 3.63) is 90.3 Å². The number of carbonyl (C=O) groups is 2. The third kappa shape index (κ3) is 5.87. The van der Waals surface area contributed by atoms with Gasteiger partial charge in [0.15, 0.2) is 0 Å². The van der Waals surface area contributed by atoms with E-state index < -0.39 is 0 Å². The Balaban J connectivity index is 1.10. The molecule has 0 bridgehead atoms. The smallest absolute Gasteiger partial charge is 0.229 e. The first kappa shape index (κ1) is 23.1. The highest BCUT2D eigenvalue weighted by Gasteiger charge is 2.34. The molecule has 7 heteroatoms. The van der Waals surface area contributed by atoms with Crippen LogP contribution in [0.15, 0.2) is 79.0 Å². The van der Waals surface area contributed by atoms with E-state index in [9.17, 15) is 9.59 Å². The Morgan fingerprint density at radius 1 is 0.886 bits per heavy atom. The standard InChI is InChI=1S/C28H31N5O2/c34-27-18-23(20-33(27)21-25-8-4-5-13-29-25)28(35)30-24-9-11-26(12-10-24)32-16-14-31(15-17-32)19-22-6-2-1-3-7-22/h1-13,23H,14-21H2,(H,30,35)/t23-/m0/s1. The van der Waals surface area contributed by atoms with Crippen LogP contribution in [0.5, 0.6) is 0 Å². The van der Waals surface area contributed by atoms with Crippen molar-refractivity contribution >= 4 is 23.2 Å². The maximum atomic E-state index is 12.8. The van der Waals surface area contributed by atoms with E-state index in [1.54, 1.807) is 11.1 Å². The lowest BCUT2D eigenvalue weighted by Gasteiger charge is -2.36. The maximum Gasteiger partial charge on any atom is 0.229 e. The molecule has 2 amide bonds. The lowest BCUT2D eigenvalue weighted by atomic mass is 10.1. The van der Waals surface area contributed by atoms with E-state index in [2.05, 4.69) is 62.6 Å². The summed E-state index contributed by atoms with van der Waals surface area (Å²) in [6.07, 6.45) is 1.96. The molecule has 2 aliphatic heterocycles. The highest BCUT2D eigenvalue weighted by atomic mass is 16.2. The molecule has 1 aromatic heterocycles. The van der Waals surface area contributed by atoms with Gasteiger partial charge in [-0.3, -0.25) is 19.5 Å². The lowest BCUT2D eigenvalue weighted by molar-refractivity contribution is -0.128. The maximum absolute atomic E-state index is 12.8. The minimum absolute atomic E-state index is 0.00226. The van der Waals surface area contributed by atoms with Crippen molar-refractivity contribution in [2.24, 2.45) is 5.92 Å². The molecule has 3 aromatic rings. The van der Waals surface area contributed by atoms with E-state index in [1.807, 2.05) is 30.3 Å². The SMILES string of the molecule is O=C(Nc1ccc(N2CCN(Cc3ccccc3)CC2)cc1)[C@H]1CC(=O)N(Cc2ccccn2)C1. The number of aromatic nitrogens is 1. The van der Waals surface area contributed by atoms with E-state index in [-0.39, 0.29) is 24.2 Å². The molecule has 35 heavy (non-hydrogen) atoms. The molecule has 3 heterocycles. The first-order valence-corrected chi connectivity index (χ1v) is 12.2. The molecule has 2 fully saturated rings. The van der Waals surface area contributed by atoms with Gasteiger partial charge >= 0.3 is 0 Å². The quantitative estimate of drug-likeness (QED) is 0.575. The Labute approximate surface area is 206 Å². The van der Waals surface area contributed by atoms with Gasteiger partial charge in [0, 0.05) is 63.3 Å². The van der Waals surface area contributed by atoms with Gasteiger partial charge in [-0.15, -0.1) is 0 Å². The van der Waals surface area contributed by atoms with Crippen molar-refractivity contribution in [3.8, 4) is 0 Å². The Morgan fingerprint density at radius 3 is 2.34 bits per heavy atom. The van der Waals surface area contributed by atoms with Crippen LogP contribution in [0, 0.1) is 5.92 Å². The Hall–Kier alpha value is -3.71. The number of piperazine rings is 1. The molecule has 1 N–H and O–H groups in total. The van der Waals surface area contributed by atoms with Gasteiger partial charge in [-0.2, -0.15) is 0 Å². The van der Waals surface area contributed by atoms with E-state index in [0.717, 1.165) is 44.1 Å². The van der Waals surface area contributed by atoms with Crippen LogP contribution in [0.2, 0.25) is 0 Å². The average molecular weight is 470 g/mol. The summed E-state index contributed by atoms with van der Waals surface area (Å²) in [6.45, 7) is 5.87. The van der Waals surface area contributed by atoms with Crippen molar-refractivity contribution in [2.45, 2.75) is 19.5 Å². The molecule has 0 unspecified atom stereocenters. The van der Waals surface area contributed by atoms with E-state index in [0.29, 0.717) is 13.1 Å². The van der Waals surface area contributed by atoms with Crippen LogP contribution < -0.4 is 10.2 Å². The average Bonchev–Trinajstić information content (AvgIpc) is 3.26. The monoisotopic (exact) mass is 469 g/mol. The third-order valence-electron chi connectivity index (χ3n) is 6.79. The molecule has 1 atom stereocenters. The van der Waals surface area contributed by atoms with Gasteiger partial charge in [-0.1, -0.05) is 36.4 Å². The molecule has 0 radical (unpaired) electrons. The number of benzene rings is 2. The fraction of sp³-hybridized carbons (Fsp3) is 0.321. The number of hydrogen-bond donors (Lipinski definition) is 1. The van der Waals surface area contributed by atoms with Gasteiger partial charge in [0.1, 0.15) is 0 Å². The van der Waals surface area contributed by atoms with Crippen LogP contribution >= 0.6 is 0 Å². The van der Waals surface area contributed by atoms with Crippen molar-refractivity contribution in [3.63, 3.8) is 0 Å². The summed E-state index contributed by atoms with van der Waals surface area (Å²) < 4.78 is 0. The Bertz CT molecular complexity index is 1130. The van der Waals surface area contributed by atoms with Crippen LogP contribution in [0.1, 0.15) is 17.7 Å². The molecule has 5 rings (SSSR count). The number of hydrogen-bond acceptors (Lipinski definition) is 5. The zero-order valence-corrected chi connectivity index (χ0v) is 19.8. The first-order valence-electron chi connectivity index (χ1n) is 12.2. The number of carbonyl (C=O) groups excluding carboxylic acids is 2. The summed E-state index contributed by atoms with van der Waals surface area (Å²) in [5.41, 5.74) is 4.11. The van der Waals surface area contributed by atoms with Crippen LogP contribution in [0.3, 0.4) is 0 Å². The number of anilines is 2. The van der Waals surface area contributed by atoms with Crippen LogP contribution in [-0.4, -0.2) is 59.3 Å². The third-order valence-corrected chi connectivity index (χ3v) is 6.79. The molecule has 180 valence electrons. The van der Waals surface area contributed by atoms with Gasteiger partial charge in [0.25, 0.3) is 0 Å². The molecule has 7 nitrogen and oxygen atoms in total. The summed E-state index contributed by atoms with van der Waals surface area (Å²) in [7, 11) is 0. The molecule has 0 saturated carbocycles. The Kier molecular flexibility index (Phi) is 7.04. The molecule has 2 saturated heterocycles. The minimum atomic E-state index is -0.344. The second kappa shape index (κ2) is 10.7. The van der Waals surface area contributed by atoms with Crippen molar-refractivity contribution in [1.82, 2.24) is 14.8 Å². The number of pyridine rings is 1. The largest absolute Gasteiger partial charge is 0.369 e. The van der Waals surface area contributed by atoms with Crippen molar-refractivity contribution in [1.29, 1.82) is 0 Å². The molecular weight excluding hydrogens is 438 g/mol. The van der Waals surface area contributed by atoms with Crippen LogP contribution in [-0.2, 0) is 22.7 Å². The van der Waals surface area contributed by atoms with Gasteiger partial charge < -0.3 is 15.1 Å². The topological polar surface area (TPSA) is 68.8 Å². The highest BCUT2D eigenvalue weighted by Crippen LogP contribution is 2.24. The van der Waals surface area contributed by atoms with E-state index >= 15 is 0 Å². The second-order valence-electron chi connectivity index (χ2n) is 9.28. The fourth-order valence-electron chi connectivity index (χ4n) is 4.79. The zero-order chi connectivity index (χ0) is 24.0. The fourth-order valence-corrected chi connectivity index (χ4v) is 4.79. The lowest BCUT2D eigenvalue weighted by Crippen LogP contribution is -2.45. The normalized spacial score (nSPS) is 18.6. The number of nitrogens with zero attached hydrogens (tertiary/aromatic N) is 4. The predicted molar refractivity (Wildman–Crippen MR) is 137 cm³/mol. The van der Waals surface area contributed by atoms with Gasteiger partial charge in [-0.05, 0) is 42.0 Å². The summed E-state index contributed by atoms with van der Waals surface area (Å²) in [6, 6.07) is 24.3. The van der Waals surface area contributed by atoms with E-state index in [1.165, 1.54) is 11.3 Å². The van der Waals surface area contributed by atoms with E-state index in [4.69, 9.17) is 0 Å². The molecule has 2 aliphatic rings. The van der Waals surface area contributed by atoms with Gasteiger partial charge in [0.05, 0.1) is 18.2 Å². The summed E-state index contributed by atoms with van der Waals surface area (Å²) in [5, 5.41) is 2.99. The van der Waals surface area contributed by atoms with Crippen LogP contribution in [0.25, 0.3) is 0 Å². The highest BCUT2D eigenvalue weighted by molar-refractivity contribution is 5.97. The zero-order valence-electron chi connectivity index (χ0n) is 19.8. The molecule has 0 aliphatic carbocycles. The summed E-state index contributed by atoms with van der Waals surface area (Å²) in [4.78, 5) is 36.1. The summed E-state index contributed by atoms with van der Waals surface area (Å²) >= 11 is 0. The first-order chi connectivity index (χ1) is 17.1. The summed E-state index contributed by atoms with van der Waals surface area (Å²) in [5.74, 6) is -0.453. The molecular formula is C28H31N5O2. The minimum Gasteiger partial charge on any atom is -0.369 e. The number of amides is 2. The number of rotatable bonds is 7. The number of nitrogens with one attached hydrogen (secondary N) is 1. The number of likely N-dealkylation sites (tertiary alicyclic amines) is 1. The molecule has 0 spiro atoms. The second-order valence-corrected chi connectivity index (χ2v) is 9.28. The Morgan fingerprint density at radius 2 is 1.63 bits per heavy atom. The molecule has 2 aromatic carbocycles.